The first kappa shape index (κ1) is 14.0. The molecule has 102 valence electrons. The van der Waals surface area contributed by atoms with Crippen LogP contribution in [0.5, 0.6) is 0 Å². The summed E-state index contributed by atoms with van der Waals surface area (Å²) in [7, 11) is 0. The Kier molecular flexibility index (Phi) is 4.66. The van der Waals surface area contributed by atoms with Gasteiger partial charge in [0.15, 0.2) is 0 Å². The molecule has 0 fully saturated rings. The lowest BCUT2D eigenvalue weighted by atomic mass is 10.1. The molecule has 2 rings (SSSR count). The highest BCUT2D eigenvalue weighted by Crippen LogP contribution is 2.05. The molecule has 0 saturated carbocycles. The predicted molar refractivity (Wildman–Crippen MR) is 82.1 cm³/mol. The SMILES string of the molecule is CCc1ccc(C(=O)N/N=C\c2cccc(C)c2)cc1. The van der Waals surface area contributed by atoms with Crippen LogP contribution in [0.2, 0.25) is 0 Å². The second kappa shape index (κ2) is 6.66. The van der Waals surface area contributed by atoms with E-state index in [2.05, 4.69) is 17.5 Å². The molecule has 0 heterocycles. The van der Waals surface area contributed by atoms with Crippen molar-refractivity contribution in [2.75, 3.05) is 0 Å². The van der Waals surface area contributed by atoms with E-state index in [4.69, 9.17) is 0 Å². The van der Waals surface area contributed by atoms with E-state index in [1.807, 2.05) is 55.5 Å². The zero-order valence-electron chi connectivity index (χ0n) is 11.8. The van der Waals surface area contributed by atoms with Gasteiger partial charge in [-0.1, -0.05) is 48.9 Å². The van der Waals surface area contributed by atoms with E-state index in [0.717, 1.165) is 17.5 Å². The minimum absolute atomic E-state index is 0.198. The van der Waals surface area contributed by atoms with Crippen molar-refractivity contribution in [2.45, 2.75) is 20.3 Å². The van der Waals surface area contributed by atoms with Gasteiger partial charge in [0.1, 0.15) is 0 Å². The molecule has 3 nitrogen and oxygen atoms in total. The molecule has 0 radical (unpaired) electrons. The molecule has 1 N–H and O–H groups in total. The van der Waals surface area contributed by atoms with Crippen LogP contribution < -0.4 is 5.43 Å². The van der Waals surface area contributed by atoms with Crippen molar-refractivity contribution in [1.82, 2.24) is 5.43 Å². The number of carbonyl (C=O) groups is 1. The van der Waals surface area contributed by atoms with Gasteiger partial charge in [-0.15, -0.1) is 0 Å². The molecular formula is C17H18N2O. The molecule has 0 aromatic heterocycles. The summed E-state index contributed by atoms with van der Waals surface area (Å²) < 4.78 is 0. The van der Waals surface area contributed by atoms with Crippen molar-refractivity contribution in [3.63, 3.8) is 0 Å². The minimum Gasteiger partial charge on any atom is -0.267 e. The van der Waals surface area contributed by atoms with Crippen molar-refractivity contribution in [1.29, 1.82) is 0 Å². The molecule has 2 aromatic rings. The molecule has 0 unspecified atom stereocenters. The molecule has 0 spiro atoms. The summed E-state index contributed by atoms with van der Waals surface area (Å²) >= 11 is 0. The smallest absolute Gasteiger partial charge is 0.267 e. The van der Waals surface area contributed by atoms with Gasteiger partial charge in [-0.3, -0.25) is 4.79 Å². The van der Waals surface area contributed by atoms with E-state index in [-0.39, 0.29) is 5.91 Å². The topological polar surface area (TPSA) is 41.5 Å². The van der Waals surface area contributed by atoms with E-state index >= 15 is 0 Å². The fourth-order valence-electron chi connectivity index (χ4n) is 1.87. The standard InChI is InChI=1S/C17H18N2O/c1-3-14-7-9-16(10-8-14)17(20)19-18-12-15-6-4-5-13(2)11-15/h4-12H,3H2,1-2H3,(H,19,20)/b18-12-. The molecule has 1 amide bonds. The highest BCUT2D eigenvalue weighted by Gasteiger charge is 2.03. The highest BCUT2D eigenvalue weighted by atomic mass is 16.2. The van der Waals surface area contributed by atoms with Crippen LogP contribution in [-0.4, -0.2) is 12.1 Å². The molecule has 0 saturated heterocycles. The van der Waals surface area contributed by atoms with Crippen LogP contribution in [0.4, 0.5) is 0 Å². The summed E-state index contributed by atoms with van der Waals surface area (Å²) in [6.45, 7) is 4.10. The summed E-state index contributed by atoms with van der Waals surface area (Å²) in [5.74, 6) is -0.198. The van der Waals surface area contributed by atoms with E-state index < -0.39 is 0 Å². The second-order valence-corrected chi connectivity index (χ2v) is 4.66. The van der Waals surface area contributed by atoms with Crippen LogP contribution in [-0.2, 0) is 6.42 Å². The Morgan fingerprint density at radius 3 is 2.60 bits per heavy atom. The van der Waals surface area contributed by atoms with Gasteiger partial charge in [-0.2, -0.15) is 5.10 Å². The maximum absolute atomic E-state index is 11.9. The fraction of sp³-hybridized carbons (Fsp3) is 0.176. The number of hydrogen-bond donors (Lipinski definition) is 1. The predicted octanol–water partition coefficient (Wildman–Crippen LogP) is 3.32. The number of hydrazone groups is 1. The first-order chi connectivity index (χ1) is 9.69. The number of nitrogens with one attached hydrogen (secondary N) is 1. The number of aryl methyl sites for hydroxylation is 2. The van der Waals surface area contributed by atoms with Crippen LogP contribution in [0.3, 0.4) is 0 Å². The van der Waals surface area contributed by atoms with Gasteiger partial charge in [-0.25, -0.2) is 5.43 Å². The molecule has 0 bridgehead atoms. The number of rotatable bonds is 4. The lowest BCUT2D eigenvalue weighted by Crippen LogP contribution is -2.17. The third-order valence-corrected chi connectivity index (χ3v) is 3.05. The van der Waals surface area contributed by atoms with Gasteiger partial charge >= 0.3 is 0 Å². The second-order valence-electron chi connectivity index (χ2n) is 4.66. The zero-order chi connectivity index (χ0) is 14.4. The Morgan fingerprint density at radius 2 is 1.95 bits per heavy atom. The van der Waals surface area contributed by atoms with Gasteiger partial charge in [-0.05, 0) is 36.6 Å². The molecule has 2 aromatic carbocycles. The van der Waals surface area contributed by atoms with Gasteiger partial charge in [0.25, 0.3) is 5.91 Å². The normalized spacial score (nSPS) is 10.7. The Hall–Kier alpha value is -2.42. The number of carbonyl (C=O) groups excluding carboxylic acids is 1. The van der Waals surface area contributed by atoms with Crippen LogP contribution in [0, 0.1) is 6.92 Å². The Morgan fingerprint density at radius 1 is 1.20 bits per heavy atom. The summed E-state index contributed by atoms with van der Waals surface area (Å²) in [5.41, 5.74) is 6.49. The molecule has 20 heavy (non-hydrogen) atoms. The lowest BCUT2D eigenvalue weighted by Gasteiger charge is -2.01. The fourth-order valence-corrected chi connectivity index (χ4v) is 1.87. The Labute approximate surface area is 119 Å². The highest BCUT2D eigenvalue weighted by molar-refractivity contribution is 5.94. The molecule has 0 atom stereocenters. The van der Waals surface area contributed by atoms with E-state index in [9.17, 15) is 4.79 Å². The van der Waals surface area contributed by atoms with Crippen molar-refractivity contribution < 1.29 is 4.79 Å². The first-order valence-electron chi connectivity index (χ1n) is 6.68. The number of amides is 1. The van der Waals surface area contributed by atoms with Crippen LogP contribution in [0.1, 0.15) is 34.0 Å². The first-order valence-corrected chi connectivity index (χ1v) is 6.68. The number of benzene rings is 2. The molecule has 0 aliphatic heterocycles. The van der Waals surface area contributed by atoms with E-state index in [1.54, 1.807) is 6.21 Å². The maximum atomic E-state index is 11.9. The summed E-state index contributed by atoms with van der Waals surface area (Å²) in [5, 5.41) is 3.98. The average Bonchev–Trinajstić information content (AvgIpc) is 2.47. The van der Waals surface area contributed by atoms with E-state index in [0.29, 0.717) is 5.56 Å². The Bertz CT molecular complexity index is 615. The monoisotopic (exact) mass is 266 g/mol. The molecule has 0 aliphatic carbocycles. The quantitative estimate of drug-likeness (QED) is 0.669. The third kappa shape index (κ3) is 3.79. The molecular weight excluding hydrogens is 248 g/mol. The van der Waals surface area contributed by atoms with Crippen molar-refractivity contribution in [3.05, 3.63) is 70.8 Å². The lowest BCUT2D eigenvalue weighted by molar-refractivity contribution is 0.0955. The molecule has 0 aliphatic rings. The van der Waals surface area contributed by atoms with E-state index in [1.165, 1.54) is 5.56 Å². The summed E-state index contributed by atoms with van der Waals surface area (Å²) in [6, 6.07) is 15.5. The van der Waals surface area contributed by atoms with Gasteiger partial charge in [0, 0.05) is 5.56 Å². The van der Waals surface area contributed by atoms with Crippen LogP contribution in [0.25, 0.3) is 0 Å². The third-order valence-electron chi connectivity index (χ3n) is 3.05. The largest absolute Gasteiger partial charge is 0.271 e. The molecule has 3 heteroatoms. The van der Waals surface area contributed by atoms with Crippen molar-refractivity contribution in [2.24, 2.45) is 5.10 Å². The summed E-state index contributed by atoms with van der Waals surface area (Å²) in [4.78, 5) is 11.9. The zero-order valence-corrected chi connectivity index (χ0v) is 11.8. The average molecular weight is 266 g/mol. The van der Waals surface area contributed by atoms with Crippen LogP contribution >= 0.6 is 0 Å². The minimum atomic E-state index is -0.198. The van der Waals surface area contributed by atoms with Gasteiger partial charge in [0.05, 0.1) is 6.21 Å². The number of hydrogen-bond acceptors (Lipinski definition) is 2. The van der Waals surface area contributed by atoms with Crippen LogP contribution in [0.15, 0.2) is 53.6 Å². The van der Waals surface area contributed by atoms with Crippen molar-refractivity contribution >= 4 is 12.1 Å². The summed E-state index contributed by atoms with van der Waals surface area (Å²) in [6.07, 6.45) is 2.61. The van der Waals surface area contributed by atoms with Gasteiger partial charge in [0.2, 0.25) is 0 Å². The number of nitrogens with zero attached hydrogens (tertiary/aromatic N) is 1. The van der Waals surface area contributed by atoms with Crippen molar-refractivity contribution in [3.8, 4) is 0 Å². The van der Waals surface area contributed by atoms with Gasteiger partial charge < -0.3 is 0 Å². The maximum Gasteiger partial charge on any atom is 0.271 e. The Balaban J connectivity index is 1.97.